The fourth-order valence-electron chi connectivity index (χ4n) is 3.03. The number of hydrogen-bond acceptors (Lipinski definition) is 7. The third kappa shape index (κ3) is 4.12. The summed E-state index contributed by atoms with van der Waals surface area (Å²) in [6.45, 7) is 2.47. The summed E-state index contributed by atoms with van der Waals surface area (Å²) in [5.74, 6) is 0.427. The van der Waals surface area contributed by atoms with Crippen molar-refractivity contribution in [1.82, 2.24) is 14.1 Å². The number of aromatic nitrogens is 3. The van der Waals surface area contributed by atoms with Crippen molar-refractivity contribution >= 4 is 45.7 Å². The smallest absolute Gasteiger partial charge is 0.278 e. The summed E-state index contributed by atoms with van der Waals surface area (Å²) in [4.78, 5) is 18.1. The molecule has 0 bridgehead atoms. The van der Waals surface area contributed by atoms with Gasteiger partial charge in [-0.15, -0.1) is 0 Å². The number of rotatable bonds is 6. The normalized spacial score (nSPS) is 10.9. The molecule has 0 aliphatic carbocycles. The predicted molar refractivity (Wildman–Crippen MR) is 123 cm³/mol. The molecule has 0 unspecified atom stereocenters. The number of hydrogen-bond donors (Lipinski definition) is 0. The van der Waals surface area contributed by atoms with Crippen molar-refractivity contribution in [3.05, 3.63) is 68.7 Å². The molecule has 0 spiro atoms. The first kappa shape index (κ1) is 21.2. The van der Waals surface area contributed by atoms with Crippen LogP contribution in [0.3, 0.4) is 0 Å². The summed E-state index contributed by atoms with van der Waals surface area (Å²) in [5.41, 5.74) is 1.32. The second kappa shape index (κ2) is 9.01. The van der Waals surface area contributed by atoms with Gasteiger partial charge in [-0.1, -0.05) is 23.1 Å². The number of halogens is 1. The maximum atomic E-state index is 13.4. The van der Waals surface area contributed by atoms with Gasteiger partial charge in [-0.05, 0) is 67.7 Å². The Labute approximate surface area is 190 Å². The van der Waals surface area contributed by atoms with E-state index in [0.29, 0.717) is 31.8 Å². The van der Waals surface area contributed by atoms with Crippen LogP contribution in [0.15, 0.2) is 58.5 Å². The van der Waals surface area contributed by atoms with E-state index in [9.17, 15) is 9.18 Å². The summed E-state index contributed by atoms with van der Waals surface area (Å²) >= 11 is 7.83. The van der Waals surface area contributed by atoms with Crippen LogP contribution in [-0.2, 0) is 0 Å². The zero-order chi connectivity index (χ0) is 22.0. The molecule has 0 aliphatic heterocycles. The van der Waals surface area contributed by atoms with Crippen LogP contribution in [0.2, 0.25) is 0 Å². The van der Waals surface area contributed by atoms with Gasteiger partial charge in [-0.25, -0.2) is 9.37 Å². The monoisotopic (exact) mass is 470 g/mol. The minimum Gasteiger partial charge on any atom is -0.494 e. The molecule has 2 heterocycles. The van der Waals surface area contributed by atoms with Crippen LogP contribution in [0.5, 0.6) is 5.75 Å². The molecule has 0 radical (unpaired) electrons. The highest BCUT2D eigenvalue weighted by molar-refractivity contribution is 7.99. The first-order chi connectivity index (χ1) is 15.0. The second-order valence-corrected chi connectivity index (χ2v) is 8.83. The van der Waals surface area contributed by atoms with Gasteiger partial charge in [0.15, 0.2) is 14.8 Å². The molecule has 0 fully saturated rings. The van der Waals surface area contributed by atoms with Crippen LogP contribution in [0, 0.1) is 21.1 Å². The van der Waals surface area contributed by atoms with Crippen LogP contribution in [-0.4, -0.2) is 26.5 Å². The molecular weight excluding hydrogens is 455 g/mol. The van der Waals surface area contributed by atoms with E-state index in [2.05, 4.69) is 11.1 Å². The molecule has 4 rings (SSSR count). The molecule has 2 aromatic carbocycles. The van der Waals surface area contributed by atoms with Gasteiger partial charge >= 0.3 is 0 Å². The number of fused-ring (bicyclic) bond motifs is 1. The van der Waals surface area contributed by atoms with Gasteiger partial charge in [0.2, 0.25) is 0 Å². The Kier molecular flexibility index (Phi) is 6.18. The molecular formula is C21H15FN4O2S3. The van der Waals surface area contributed by atoms with E-state index >= 15 is 0 Å². The van der Waals surface area contributed by atoms with Crippen molar-refractivity contribution in [3.63, 3.8) is 0 Å². The van der Waals surface area contributed by atoms with Gasteiger partial charge in [-0.2, -0.15) is 5.26 Å². The molecule has 0 aliphatic rings. The zero-order valence-corrected chi connectivity index (χ0v) is 18.7. The first-order valence-electron chi connectivity index (χ1n) is 9.21. The van der Waals surface area contributed by atoms with Gasteiger partial charge < -0.3 is 4.74 Å². The lowest BCUT2D eigenvalue weighted by atomic mass is 10.3. The molecule has 0 saturated heterocycles. The summed E-state index contributed by atoms with van der Waals surface area (Å²) in [7, 11) is 0. The minimum atomic E-state index is -0.408. The van der Waals surface area contributed by atoms with Crippen LogP contribution in [0.1, 0.15) is 6.92 Å². The summed E-state index contributed by atoms with van der Waals surface area (Å²) in [5, 5.41) is 9.38. The molecule has 156 valence electrons. The lowest BCUT2D eigenvalue weighted by Crippen LogP contribution is -2.21. The molecule has 0 atom stereocenters. The number of ether oxygens (including phenoxy) is 1. The topological polar surface area (TPSA) is 72.8 Å². The Hall–Kier alpha value is -3.00. The standard InChI is InChI=1S/C21H15FN4O2S3/c1-2-28-16-9-7-14(8-10-16)25-18-17(31-21(25)29)19(27)26(20(24-18)30-12-11-23)15-5-3-13(22)4-6-15/h3-10H,2,12H2,1H3. The van der Waals surface area contributed by atoms with E-state index in [1.54, 1.807) is 4.57 Å². The van der Waals surface area contributed by atoms with Gasteiger partial charge in [-0.3, -0.25) is 13.9 Å². The largest absolute Gasteiger partial charge is 0.494 e. The maximum absolute atomic E-state index is 13.4. The van der Waals surface area contributed by atoms with Gasteiger partial charge in [0.05, 0.1) is 24.1 Å². The van der Waals surface area contributed by atoms with Gasteiger partial charge in [0, 0.05) is 5.69 Å². The second-order valence-electron chi connectivity index (χ2n) is 6.24. The maximum Gasteiger partial charge on any atom is 0.278 e. The Morgan fingerprint density at radius 3 is 2.45 bits per heavy atom. The van der Waals surface area contributed by atoms with Crippen molar-refractivity contribution in [2.45, 2.75) is 12.1 Å². The van der Waals surface area contributed by atoms with E-state index in [-0.39, 0.29) is 11.3 Å². The highest BCUT2D eigenvalue weighted by atomic mass is 32.2. The Morgan fingerprint density at radius 2 is 1.81 bits per heavy atom. The van der Waals surface area contributed by atoms with Crippen molar-refractivity contribution in [1.29, 1.82) is 5.26 Å². The van der Waals surface area contributed by atoms with E-state index in [4.69, 9.17) is 22.2 Å². The van der Waals surface area contributed by atoms with E-state index in [0.717, 1.165) is 34.5 Å². The zero-order valence-electron chi connectivity index (χ0n) is 16.2. The number of benzene rings is 2. The number of thiazole rings is 1. The summed E-state index contributed by atoms with van der Waals surface area (Å²) in [6, 6.07) is 15.0. The van der Waals surface area contributed by atoms with Crippen molar-refractivity contribution in [2.24, 2.45) is 0 Å². The lowest BCUT2D eigenvalue weighted by Gasteiger charge is -2.12. The fourth-order valence-corrected chi connectivity index (χ4v) is 5.00. The predicted octanol–water partition coefficient (Wildman–Crippen LogP) is 5.12. The fraction of sp³-hybridized carbons (Fsp3) is 0.143. The first-order valence-corrected chi connectivity index (χ1v) is 11.4. The number of nitrogens with zero attached hydrogens (tertiary/aromatic N) is 4. The van der Waals surface area contributed by atoms with E-state index in [1.807, 2.05) is 31.2 Å². The van der Waals surface area contributed by atoms with Crippen LogP contribution >= 0.6 is 35.3 Å². The molecule has 0 amide bonds. The Morgan fingerprint density at radius 1 is 1.16 bits per heavy atom. The van der Waals surface area contributed by atoms with Crippen molar-refractivity contribution < 1.29 is 9.13 Å². The molecule has 0 N–H and O–H groups in total. The summed E-state index contributed by atoms with van der Waals surface area (Å²) < 4.78 is 22.9. The highest BCUT2D eigenvalue weighted by Crippen LogP contribution is 2.28. The van der Waals surface area contributed by atoms with Gasteiger partial charge in [0.1, 0.15) is 16.3 Å². The quantitative estimate of drug-likeness (QED) is 0.221. The molecule has 2 aromatic heterocycles. The third-order valence-corrected chi connectivity index (χ3v) is 6.49. The van der Waals surface area contributed by atoms with Crippen LogP contribution < -0.4 is 10.3 Å². The Bertz CT molecular complexity index is 1400. The van der Waals surface area contributed by atoms with Crippen LogP contribution in [0.25, 0.3) is 21.7 Å². The molecule has 0 saturated carbocycles. The van der Waals surface area contributed by atoms with Crippen LogP contribution in [0.4, 0.5) is 4.39 Å². The third-order valence-electron chi connectivity index (χ3n) is 4.33. The van der Waals surface area contributed by atoms with E-state index < -0.39 is 5.82 Å². The molecule has 10 heteroatoms. The molecule has 4 aromatic rings. The SMILES string of the molecule is CCOc1ccc(-n2c(=S)sc3c(=O)n(-c4ccc(F)cc4)c(SCC#N)nc32)cc1. The average Bonchev–Trinajstić information content (AvgIpc) is 3.10. The summed E-state index contributed by atoms with van der Waals surface area (Å²) in [6.07, 6.45) is 0. The molecule has 6 nitrogen and oxygen atoms in total. The van der Waals surface area contributed by atoms with E-state index in [1.165, 1.54) is 28.8 Å². The number of nitriles is 1. The van der Waals surface area contributed by atoms with Crippen molar-refractivity contribution in [3.8, 4) is 23.2 Å². The lowest BCUT2D eigenvalue weighted by molar-refractivity contribution is 0.340. The Balaban J connectivity index is 1.95. The highest BCUT2D eigenvalue weighted by Gasteiger charge is 2.19. The number of thioether (sulfide) groups is 1. The molecule has 31 heavy (non-hydrogen) atoms. The minimum absolute atomic E-state index is 0.104. The average molecular weight is 471 g/mol. The van der Waals surface area contributed by atoms with Gasteiger partial charge in [0.25, 0.3) is 5.56 Å². The van der Waals surface area contributed by atoms with Crippen molar-refractivity contribution in [2.75, 3.05) is 12.4 Å².